The van der Waals surface area contributed by atoms with E-state index in [2.05, 4.69) is 44.7 Å². The molecule has 3 fully saturated rings. The van der Waals surface area contributed by atoms with Crippen LogP contribution in [-0.2, 0) is 0 Å². The van der Waals surface area contributed by atoms with Gasteiger partial charge in [-0.3, -0.25) is 0 Å². The lowest BCUT2D eigenvalue weighted by atomic mass is 9.61. The zero-order valence-electron chi connectivity index (χ0n) is 20.9. The molecule has 3 rings (SSSR count). The van der Waals surface area contributed by atoms with E-state index in [0.29, 0.717) is 23.2 Å². The Kier molecular flexibility index (Phi) is 8.44. The number of aliphatic hydroxyl groups is 2. The molecule has 0 amide bonds. The second-order valence-corrected chi connectivity index (χ2v) is 10.9. The highest BCUT2D eigenvalue weighted by atomic mass is 16.3. The van der Waals surface area contributed by atoms with E-state index in [1.165, 1.54) is 37.7 Å². The molecule has 5 atom stereocenters. The SMILES string of the molecule is C=C1/C(=C\C=C2/CCC[C@@]3(C)C2CCC3[C@H](C)/C=C/C=C/C(O)(CC)CC)CCC[C@@H]1O. The van der Waals surface area contributed by atoms with E-state index in [-0.39, 0.29) is 6.10 Å². The maximum Gasteiger partial charge on any atom is 0.0825 e. The summed E-state index contributed by atoms with van der Waals surface area (Å²) in [5.41, 5.74) is 3.50. The van der Waals surface area contributed by atoms with Gasteiger partial charge in [0.25, 0.3) is 0 Å². The fourth-order valence-corrected chi connectivity index (χ4v) is 6.67. The fraction of sp³-hybridized carbons (Fsp3) is 0.667. The third-order valence-electron chi connectivity index (χ3n) is 9.07. The lowest BCUT2D eigenvalue weighted by Crippen LogP contribution is -2.35. The number of allylic oxidation sites excluding steroid dienone is 6. The van der Waals surface area contributed by atoms with E-state index in [0.717, 1.165) is 37.7 Å². The smallest absolute Gasteiger partial charge is 0.0825 e. The highest BCUT2D eigenvalue weighted by Gasteiger charge is 2.50. The van der Waals surface area contributed by atoms with E-state index < -0.39 is 5.60 Å². The maximum absolute atomic E-state index is 10.5. The quantitative estimate of drug-likeness (QED) is 0.405. The number of hydrogen-bond acceptors (Lipinski definition) is 2. The first-order chi connectivity index (χ1) is 15.2. The lowest BCUT2D eigenvalue weighted by molar-refractivity contribution is 0.0828. The number of hydrogen-bond donors (Lipinski definition) is 2. The van der Waals surface area contributed by atoms with E-state index in [9.17, 15) is 10.2 Å². The van der Waals surface area contributed by atoms with Gasteiger partial charge in [0.1, 0.15) is 0 Å². The van der Waals surface area contributed by atoms with Gasteiger partial charge in [0.05, 0.1) is 11.7 Å². The summed E-state index contributed by atoms with van der Waals surface area (Å²) in [6.45, 7) is 13.1. The Morgan fingerprint density at radius 2 is 1.84 bits per heavy atom. The van der Waals surface area contributed by atoms with Crippen LogP contribution in [0.2, 0.25) is 0 Å². The van der Waals surface area contributed by atoms with Crippen LogP contribution >= 0.6 is 0 Å². The van der Waals surface area contributed by atoms with E-state index in [1.54, 1.807) is 5.57 Å². The molecule has 0 aromatic carbocycles. The van der Waals surface area contributed by atoms with Crippen molar-refractivity contribution in [1.29, 1.82) is 0 Å². The van der Waals surface area contributed by atoms with Crippen molar-refractivity contribution in [3.63, 3.8) is 0 Å². The second-order valence-electron chi connectivity index (χ2n) is 10.9. The Morgan fingerprint density at radius 3 is 2.56 bits per heavy atom. The fourth-order valence-electron chi connectivity index (χ4n) is 6.67. The minimum atomic E-state index is -0.671. The van der Waals surface area contributed by atoms with Gasteiger partial charge in [0.2, 0.25) is 0 Å². The van der Waals surface area contributed by atoms with Gasteiger partial charge < -0.3 is 10.2 Å². The molecule has 0 radical (unpaired) electrons. The second kappa shape index (κ2) is 10.7. The average Bonchev–Trinajstić information content (AvgIpc) is 3.15. The zero-order chi connectivity index (χ0) is 23.4. The molecule has 3 aliphatic rings. The highest BCUT2D eigenvalue weighted by molar-refractivity contribution is 5.37. The third kappa shape index (κ3) is 5.39. The lowest BCUT2D eigenvalue weighted by Gasteiger charge is -2.44. The van der Waals surface area contributed by atoms with Gasteiger partial charge >= 0.3 is 0 Å². The zero-order valence-corrected chi connectivity index (χ0v) is 20.9. The molecule has 178 valence electrons. The van der Waals surface area contributed by atoms with Gasteiger partial charge in [-0.05, 0) is 98.5 Å². The summed E-state index contributed by atoms with van der Waals surface area (Å²) >= 11 is 0. The normalized spacial score (nSPS) is 35.3. The molecule has 2 nitrogen and oxygen atoms in total. The summed E-state index contributed by atoms with van der Waals surface area (Å²) < 4.78 is 0. The number of rotatable bonds is 7. The van der Waals surface area contributed by atoms with Crippen molar-refractivity contribution in [2.45, 2.75) is 104 Å². The van der Waals surface area contributed by atoms with Crippen molar-refractivity contribution in [3.8, 4) is 0 Å². The molecular weight excluding hydrogens is 392 g/mol. The van der Waals surface area contributed by atoms with Crippen LogP contribution in [0.4, 0.5) is 0 Å². The van der Waals surface area contributed by atoms with Gasteiger partial charge in [0, 0.05) is 0 Å². The van der Waals surface area contributed by atoms with Gasteiger partial charge in [-0.1, -0.05) is 76.3 Å². The Balaban J connectivity index is 1.70. The van der Waals surface area contributed by atoms with Crippen LogP contribution in [0.3, 0.4) is 0 Å². The van der Waals surface area contributed by atoms with Gasteiger partial charge in [-0.2, -0.15) is 0 Å². The Bertz CT molecular complexity index is 779. The van der Waals surface area contributed by atoms with Crippen LogP contribution in [0.25, 0.3) is 0 Å². The van der Waals surface area contributed by atoms with E-state index in [4.69, 9.17) is 0 Å². The van der Waals surface area contributed by atoms with E-state index >= 15 is 0 Å². The van der Waals surface area contributed by atoms with Crippen LogP contribution in [0.5, 0.6) is 0 Å². The maximum atomic E-state index is 10.5. The molecule has 3 saturated carbocycles. The number of aliphatic hydroxyl groups excluding tert-OH is 1. The first kappa shape index (κ1) is 25.2. The van der Waals surface area contributed by atoms with Crippen LogP contribution in [-0.4, -0.2) is 21.9 Å². The molecule has 0 saturated heterocycles. The molecule has 0 spiro atoms. The van der Waals surface area contributed by atoms with Crippen molar-refractivity contribution in [3.05, 3.63) is 59.8 Å². The third-order valence-corrected chi connectivity index (χ3v) is 9.07. The van der Waals surface area contributed by atoms with Crippen molar-refractivity contribution in [1.82, 2.24) is 0 Å². The summed E-state index contributed by atoms with van der Waals surface area (Å²) in [6, 6.07) is 0. The van der Waals surface area contributed by atoms with Crippen molar-refractivity contribution < 1.29 is 10.2 Å². The van der Waals surface area contributed by atoms with E-state index in [1.807, 2.05) is 26.0 Å². The van der Waals surface area contributed by atoms with Crippen molar-refractivity contribution in [2.24, 2.45) is 23.2 Å². The first-order valence-corrected chi connectivity index (χ1v) is 13.1. The Morgan fingerprint density at radius 1 is 1.09 bits per heavy atom. The van der Waals surface area contributed by atoms with Crippen LogP contribution in [0, 0.1) is 23.2 Å². The molecule has 3 aliphatic carbocycles. The Hall–Kier alpha value is -1.38. The van der Waals surface area contributed by atoms with Crippen LogP contribution in [0.1, 0.15) is 91.9 Å². The summed E-state index contributed by atoms with van der Waals surface area (Å²) in [4.78, 5) is 0. The number of fused-ring (bicyclic) bond motifs is 1. The molecule has 0 aliphatic heterocycles. The molecular formula is C30H46O2. The standard InChI is InChI=1S/C30H46O2/c1-6-30(32,7-2)21-9-8-12-22(3)26-18-19-27-25(14-11-20-29(26,27)5)17-16-24-13-10-15-28(31)23(24)4/h8-9,12,16-17,21-22,26-28,31-32H,4,6-7,10-11,13-15,18-20H2,1-3,5H3/b12-8+,21-9+,24-16-,25-17+/t22-,26?,27?,28+,29-/m1/s1. The Labute approximate surface area is 196 Å². The van der Waals surface area contributed by atoms with Crippen molar-refractivity contribution >= 4 is 0 Å². The minimum Gasteiger partial charge on any atom is -0.388 e. The molecule has 2 unspecified atom stereocenters. The average molecular weight is 439 g/mol. The predicted molar refractivity (Wildman–Crippen MR) is 136 cm³/mol. The summed E-state index contributed by atoms with van der Waals surface area (Å²) in [5.74, 6) is 1.92. The molecule has 0 bridgehead atoms. The van der Waals surface area contributed by atoms with Gasteiger partial charge in [-0.25, -0.2) is 0 Å². The summed E-state index contributed by atoms with van der Waals surface area (Å²) in [6.07, 6.45) is 23.7. The first-order valence-electron chi connectivity index (χ1n) is 13.1. The molecule has 0 aromatic heterocycles. The summed E-state index contributed by atoms with van der Waals surface area (Å²) in [7, 11) is 0. The van der Waals surface area contributed by atoms with Gasteiger partial charge in [-0.15, -0.1) is 0 Å². The largest absolute Gasteiger partial charge is 0.388 e. The molecule has 32 heavy (non-hydrogen) atoms. The van der Waals surface area contributed by atoms with Gasteiger partial charge in [0.15, 0.2) is 0 Å². The molecule has 0 aromatic rings. The van der Waals surface area contributed by atoms with Crippen LogP contribution < -0.4 is 0 Å². The monoisotopic (exact) mass is 438 g/mol. The topological polar surface area (TPSA) is 40.5 Å². The van der Waals surface area contributed by atoms with Crippen LogP contribution in [0.15, 0.2) is 59.8 Å². The summed E-state index contributed by atoms with van der Waals surface area (Å²) in [5, 5.41) is 20.6. The predicted octanol–water partition coefficient (Wildman–Crippen LogP) is 7.46. The highest BCUT2D eigenvalue weighted by Crippen LogP contribution is 2.59. The van der Waals surface area contributed by atoms with Crippen molar-refractivity contribution in [2.75, 3.05) is 0 Å². The minimum absolute atomic E-state index is 0.354. The molecule has 2 N–H and O–H groups in total. The molecule has 2 heteroatoms. The molecule has 0 heterocycles.